The molecule has 0 nitrogen and oxygen atoms in total. The zero-order valence-electron chi connectivity index (χ0n) is 25.4. The Kier molecular flexibility index (Phi) is 42.9. The Morgan fingerprint density at radius 2 is 0.472 bits per heavy atom. The first-order chi connectivity index (χ1) is 17.2. The summed E-state index contributed by atoms with van der Waals surface area (Å²) in [6, 6.07) is 0. The lowest BCUT2D eigenvalue weighted by molar-refractivity contribution is -0.00000775. The van der Waals surface area contributed by atoms with Crippen LogP contribution in [0.1, 0.15) is 182 Å². The molecule has 0 saturated heterocycles. The van der Waals surface area contributed by atoms with Crippen LogP contribution in [0.4, 0.5) is 0 Å². The monoisotopic (exact) mass is 676 g/mol. The normalized spacial score (nSPS) is 11.2. The van der Waals surface area contributed by atoms with Crippen LogP contribution in [0.15, 0.2) is 0 Å². The highest BCUT2D eigenvalue weighted by Gasteiger charge is 2.34. The second-order valence-corrected chi connectivity index (χ2v) is 15.8. The molecule has 0 rings (SSSR count). The molecule has 0 radical (unpaired) electrons. The summed E-state index contributed by atoms with van der Waals surface area (Å²) in [7, 11) is -0.697. The maximum atomic E-state index is 2.75. The molecule has 0 aromatic carbocycles. The van der Waals surface area contributed by atoms with Gasteiger partial charge in [0.2, 0.25) is 0 Å². The summed E-state index contributed by atoms with van der Waals surface area (Å²) in [5.41, 5.74) is 0. The van der Waals surface area contributed by atoms with Crippen LogP contribution >= 0.6 is 35.5 Å². The zero-order valence-corrected chi connectivity index (χ0v) is 30.2. The average Bonchev–Trinajstić information content (AvgIpc) is 2.89. The lowest BCUT2D eigenvalue weighted by Crippen LogP contribution is -3.00. The molecule has 0 saturated carbocycles. The van der Waals surface area contributed by atoms with Crippen molar-refractivity contribution in [2.24, 2.45) is 0 Å². The smallest absolute Gasteiger partial charge is 0.0594 e. The lowest BCUT2D eigenvalue weighted by atomic mass is 10.1. The average molecular weight is 679 g/mol. The molecule has 0 aliphatic carbocycles. The second-order valence-electron chi connectivity index (χ2n) is 11.3. The highest BCUT2D eigenvalue weighted by molar-refractivity contribution is 9.93. The van der Waals surface area contributed by atoms with Crippen molar-refractivity contribution in [3.05, 3.63) is 0 Å². The molecule has 0 amide bonds. The predicted octanol–water partition coefficient (Wildman–Crippen LogP) is 11.1. The molecule has 0 aromatic heterocycles. The molecule has 222 valence electrons. The summed E-state index contributed by atoms with van der Waals surface area (Å²) >= 11 is 5.50. The van der Waals surface area contributed by atoms with Gasteiger partial charge in [-0.3, -0.25) is 0 Å². The van der Waals surface area contributed by atoms with Gasteiger partial charge < -0.3 is 12.4 Å². The first-order valence-corrected chi connectivity index (χ1v) is 22.5. The Balaban J connectivity index is -0.00000353. The van der Waals surface area contributed by atoms with Crippen molar-refractivity contribution in [3.8, 4) is 0 Å². The summed E-state index contributed by atoms with van der Waals surface area (Å²) in [5, 5.41) is 0. The summed E-state index contributed by atoms with van der Waals surface area (Å²) in [6.07, 6.45) is 42.1. The van der Waals surface area contributed by atoms with Crippen molar-refractivity contribution in [2.45, 2.75) is 182 Å². The third kappa shape index (κ3) is 30.2. The zero-order chi connectivity index (χ0) is 26.3. The van der Waals surface area contributed by atoms with E-state index >= 15 is 0 Å². The molecule has 0 fully saturated rings. The Hall–Kier alpha value is 1.68. The molecule has 0 aliphatic rings. The molecule has 0 aromatic rings. The second kappa shape index (κ2) is 36.7. The van der Waals surface area contributed by atoms with Crippen LogP contribution in [0.3, 0.4) is 0 Å². The predicted molar refractivity (Wildman–Crippen MR) is 178 cm³/mol. The fourth-order valence-electron chi connectivity index (χ4n) is 5.58. The van der Waals surface area contributed by atoms with Crippen molar-refractivity contribution in [2.75, 3.05) is 24.6 Å². The number of unbranched alkanes of at least 4 members (excludes halogenated alkanes) is 20. The van der Waals surface area contributed by atoms with E-state index in [0.717, 1.165) is 0 Å². The number of hydrogen-bond acceptors (Lipinski definition) is 0. The van der Waals surface area contributed by atoms with Crippen LogP contribution < -0.4 is 12.4 Å². The van der Waals surface area contributed by atoms with E-state index in [1.54, 1.807) is 50.3 Å². The molecule has 0 unspecified atom stereocenters. The summed E-state index contributed by atoms with van der Waals surface area (Å²) in [5.74, 6) is 0. The fraction of sp³-hybridized carbons (Fsp3) is 1.00. The standard InChI is InChI=1S/C32H68P.Br2.ClH/c1-5-9-13-17-18-19-20-21-22-23-24-28-32-33(29-25-14-10-6-2,30-26-15-11-7-3)31-27-16-12-8-4;1-2;/h5-32H2,1-4H3;;1H/q+1;;/p-1. The van der Waals surface area contributed by atoms with Crippen molar-refractivity contribution in [3.63, 3.8) is 0 Å². The van der Waals surface area contributed by atoms with E-state index in [-0.39, 0.29) is 12.4 Å². The van der Waals surface area contributed by atoms with Crippen molar-refractivity contribution in [1.82, 2.24) is 0 Å². The highest BCUT2D eigenvalue weighted by Crippen LogP contribution is 2.61. The van der Waals surface area contributed by atoms with Gasteiger partial charge in [0.05, 0.1) is 24.6 Å². The van der Waals surface area contributed by atoms with Crippen LogP contribution in [-0.4, -0.2) is 24.6 Å². The Morgan fingerprint density at radius 1 is 0.306 bits per heavy atom. The van der Waals surface area contributed by atoms with Gasteiger partial charge in [-0.2, -0.15) is 0 Å². The van der Waals surface area contributed by atoms with Gasteiger partial charge >= 0.3 is 0 Å². The molecule has 0 bridgehead atoms. The maximum absolute atomic E-state index is 2.75. The van der Waals surface area contributed by atoms with E-state index in [0.29, 0.717) is 0 Å². The molecule has 0 aliphatic heterocycles. The van der Waals surface area contributed by atoms with Crippen LogP contribution in [0.25, 0.3) is 0 Å². The van der Waals surface area contributed by atoms with Crippen LogP contribution in [0.2, 0.25) is 0 Å². The van der Waals surface area contributed by atoms with Crippen molar-refractivity contribution < 1.29 is 12.4 Å². The first-order valence-electron chi connectivity index (χ1n) is 16.2. The fourth-order valence-corrected chi connectivity index (χ4v) is 10.5. The molecular formula is C32H68Br2ClP. The molecule has 4 heteroatoms. The molecule has 0 heterocycles. The Labute approximate surface area is 253 Å². The van der Waals surface area contributed by atoms with Crippen molar-refractivity contribution in [1.29, 1.82) is 0 Å². The van der Waals surface area contributed by atoms with Crippen LogP contribution in [0, 0.1) is 0 Å². The minimum Gasteiger partial charge on any atom is -1.00 e. The van der Waals surface area contributed by atoms with E-state index in [2.05, 4.69) is 56.0 Å². The van der Waals surface area contributed by atoms with Crippen LogP contribution in [0.5, 0.6) is 0 Å². The molecular weight excluding hydrogens is 611 g/mol. The maximum Gasteiger partial charge on any atom is 0.0594 e. The van der Waals surface area contributed by atoms with Crippen LogP contribution in [-0.2, 0) is 0 Å². The van der Waals surface area contributed by atoms with Gasteiger partial charge in [-0.1, -0.05) is 130 Å². The van der Waals surface area contributed by atoms with Gasteiger partial charge in [-0.25, -0.2) is 0 Å². The molecule has 0 N–H and O–H groups in total. The SMILES string of the molecule is BrBr.CCCCCCCCCCCCCC[P+](CCCCCC)(CCCCCC)CCCCCC.[Cl-]. The number of rotatable bonds is 28. The van der Waals surface area contributed by atoms with Gasteiger partial charge in [0.1, 0.15) is 0 Å². The Bertz CT molecular complexity index is 337. The summed E-state index contributed by atoms with van der Waals surface area (Å²) in [4.78, 5) is 0. The quantitative estimate of drug-likeness (QED) is 0.0571. The van der Waals surface area contributed by atoms with Crippen molar-refractivity contribution >= 4 is 35.5 Å². The first kappa shape index (κ1) is 42.2. The van der Waals surface area contributed by atoms with E-state index in [1.165, 1.54) is 128 Å². The highest BCUT2D eigenvalue weighted by atomic mass is 80.9. The third-order valence-electron chi connectivity index (χ3n) is 7.94. The number of halogens is 3. The Morgan fingerprint density at radius 3 is 0.694 bits per heavy atom. The minimum atomic E-state index is -0.697. The topological polar surface area (TPSA) is 0 Å². The van der Waals surface area contributed by atoms with E-state index in [9.17, 15) is 0 Å². The van der Waals surface area contributed by atoms with Gasteiger partial charge in [0.15, 0.2) is 0 Å². The van der Waals surface area contributed by atoms with Gasteiger partial charge in [0, 0.05) is 35.5 Å². The lowest BCUT2D eigenvalue weighted by Gasteiger charge is -2.28. The largest absolute Gasteiger partial charge is 1.00 e. The molecule has 36 heavy (non-hydrogen) atoms. The van der Waals surface area contributed by atoms with Gasteiger partial charge in [-0.05, 0) is 51.4 Å². The summed E-state index contributed by atoms with van der Waals surface area (Å²) in [6.45, 7) is 9.41. The minimum absolute atomic E-state index is 0. The van der Waals surface area contributed by atoms with E-state index < -0.39 is 7.26 Å². The summed E-state index contributed by atoms with van der Waals surface area (Å²) < 4.78 is 0. The van der Waals surface area contributed by atoms with E-state index in [1.807, 2.05) is 0 Å². The van der Waals surface area contributed by atoms with Gasteiger partial charge in [-0.15, -0.1) is 0 Å². The van der Waals surface area contributed by atoms with Gasteiger partial charge in [0.25, 0.3) is 0 Å². The third-order valence-corrected chi connectivity index (χ3v) is 13.0. The number of hydrogen-bond donors (Lipinski definition) is 0. The van der Waals surface area contributed by atoms with E-state index in [4.69, 9.17) is 0 Å². The molecule has 0 spiro atoms. The molecule has 0 atom stereocenters.